The van der Waals surface area contributed by atoms with E-state index in [1.54, 1.807) is 12.1 Å². The summed E-state index contributed by atoms with van der Waals surface area (Å²) in [7, 11) is 0. The molecule has 42 heavy (non-hydrogen) atoms. The molecule has 0 fully saturated rings. The zero-order valence-electron chi connectivity index (χ0n) is 24.5. The normalized spacial score (nSPS) is 16.5. The van der Waals surface area contributed by atoms with Crippen LogP contribution in [0.3, 0.4) is 0 Å². The third kappa shape index (κ3) is 6.22. The molecule has 5 nitrogen and oxygen atoms in total. The minimum atomic E-state index is -0.920. The first-order chi connectivity index (χ1) is 20.2. The monoisotopic (exact) mass is 558 g/mol. The van der Waals surface area contributed by atoms with Crippen LogP contribution in [0.4, 0.5) is 0 Å². The zero-order valence-corrected chi connectivity index (χ0v) is 24.5. The van der Waals surface area contributed by atoms with Crippen molar-refractivity contribution in [1.29, 1.82) is 0 Å². The molecule has 5 heteroatoms. The van der Waals surface area contributed by atoms with Gasteiger partial charge in [0.25, 0.3) is 5.91 Å². The fourth-order valence-corrected chi connectivity index (χ4v) is 6.07. The number of allylic oxidation sites excluding steroid dienone is 2. The van der Waals surface area contributed by atoms with Gasteiger partial charge in [0.15, 0.2) is 0 Å². The second-order valence-electron chi connectivity index (χ2n) is 11.4. The standard InChI is InChI=1S/C37H38N2O3/c1-23-17-31(19-26-11-13-29(14-12-26)33-9-4-5-10-34(33)37(41)42)25(3)32-16-15-30(20-35(32)24(23)2)36(40)39-22-28-8-6-7-27(18-28)21-38/h4-16,18,20,25,31H,17,19,21-22,38H2,1-3H3,(H,39,40)(H,41,42). The Morgan fingerprint density at radius 2 is 1.60 bits per heavy atom. The Bertz CT molecular complexity index is 1650. The number of hydrogen-bond donors (Lipinski definition) is 3. The second-order valence-corrected chi connectivity index (χ2v) is 11.4. The number of nitrogens with one attached hydrogen (secondary N) is 1. The van der Waals surface area contributed by atoms with Crippen LogP contribution in [0, 0.1) is 5.92 Å². The summed E-state index contributed by atoms with van der Waals surface area (Å²) in [4.78, 5) is 24.8. The number of amides is 1. The van der Waals surface area contributed by atoms with E-state index in [2.05, 4.69) is 44.3 Å². The van der Waals surface area contributed by atoms with E-state index in [4.69, 9.17) is 5.73 Å². The van der Waals surface area contributed by atoms with E-state index in [0.717, 1.165) is 40.7 Å². The first-order valence-electron chi connectivity index (χ1n) is 14.5. The van der Waals surface area contributed by atoms with E-state index in [-0.39, 0.29) is 5.91 Å². The molecule has 2 atom stereocenters. The molecule has 4 aromatic carbocycles. The Morgan fingerprint density at radius 3 is 2.33 bits per heavy atom. The summed E-state index contributed by atoms with van der Waals surface area (Å²) >= 11 is 0. The average Bonchev–Trinajstić information content (AvgIpc) is 3.10. The molecule has 0 bridgehead atoms. The van der Waals surface area contributed by atoms with Crippen molar-refractivity contribution in [2.45, 2.75) is 52.6 Å². The number of carbonyl (C=O) groups is 2. The molecule has 0 radical (unpaired) electrons. The Kier molecular flexibility index (Phi) is 8.69. The molecule has 0 heterocycles. The van der Waals surface area contributed by atoms with Crippen molar-refractivity contribution in [2.75, 3.05) is 0 Å². The van der Waals surface area contributed by atoms with Crippen LogP contribution in [0.1, 0.15) is 81.6 Å². The quantitative estimate of drug-likeness (QED) is 0.208. The van der Waals surface area contributed by atoms with Gasteiger partial charge in [-0.3, -0.25) is 4.79 Å². The fourth-order valence-electron chi connectivity index (χ4n) is 6.07. The smallest absolute Gasteiger partial charge is 0.336 e. The van der Waals surface area contributed by atoms with Gasteiger partial charge in [0.1, 0.15) is 0 Å². The maximum absolute atomic E-state index is 13.1. The Labute approximate surface area is 248 Å². The molecule has 2 unspecified atom stereocenters. The van der Waals surface area contributed by atoms with Crippen LogP contribution in [0.25, 0.3) is 16.7 Å². The van der Waals surface area contributed by atoms with Gasteiger partial charge in [-0.05, 0) is 101 Å². The molecule has 214 valence electrons. The van der Waals surface area contributed by atoms with Crippen LogP contribution in [0.2, 0.25) is 0 Å². The molecule has 0 spiro atoms. The van der Waals surface area contributed by atoms with Gasteiger partial charge < -0.3 is 16.2 Å². The zero-order chi connectivity index (χ0) is 29.8. The number of hydrogen-bond acceptors (Lipinski definition) is 3. The molecule has 0 aromatic heterocycles. The summed E-state index contributed by atoms with van der Waals surface area (Å²) in [5, 5.41) is 12.7. The first-order valence-corrected chi connectivity index (χ1v) is 14.5. The van der Waals surface area contributed by atoms with E-state index >= 15 is 0 Å². The van der Waals surface area contributed by atoms with Gasteiger partial charge in [-0.2, -0.15) is 0 Å². The maximum Gasteiger partial charge on any atom is 0.336 e. The van der Waals surface area contributed by atoms with Crippen LogP contribution in [0.5, 0.6) is 0 Å². The van der Waals surface area contributed by atoms with E-state index in [1.807, 2.05) is 60.7 Å². The number of carboxylic acid groups (broad SMARTS) is 1. The molecule has 4 aromatic rings. The number of carbonyl (C=O) groups excluding carboxylic acids is 1. The first kappa shape index (κ1) is 29.0. The Balaban J connectivity index is 1.33. The minimum absolute atomic E-state index is 0.0839. The van der Waals surface area contributed by atoms with Gasteiger partial charge >= 0.3 is 5.97 Å². The Morgan fingerprint density at radius 1 is 0.857 bits per heavy atom. The SMILES string of the molecule is CC1=C(C)c2cc(C(=O)NCc3cccc(CN)c3)ccc2C(C)C(Cc2ccc(-c3ccccc3C(=O)O)cc2)C1. The van der Waals surface area contributed by atoms with Gasteiger partial charge in [-0.1, -0.05) is 85.3 Å². The van der Waals surface area contributed by atoms with Crippen molar-refractivity contribution in [3.05, 3.63) is 136 Å². The van der Waals surface area contributed by atoms with Crippen molar-refractivity contribution in [3.8, 4) is 11.1 Å². The maximum atomic E-state index is 13.1. The number of benzene rings is 4. The molecule has 0 saturated carbocycles. The predicted molar refractivity (Wildman–Crippen MR) is 169 cm³/mol. The predicted octanol–water partition coefficient (Wildman–Crippen LogP) is 7.60. The number of rotatable bonds is 8. The summed E-state index contributed by atoms with van der Waals surface area (Å²) in [6.07, 6.45) is 1.89. The van der Waals surface area contributed by atoms with E-state index in [9.17, 15) is 14.7 Å². The lowest BCUT2D eigenvalue weighted by Gasteiger charge is -2.24. The van der Waals surface area contributed by atoms with Crippen LogP contribution < -0.4 is 11.1 Å². The number of fused-ring (bicyclic) bond motifs is 1. The van der Waals surface area contributed by atoms with Gasteiger partial charge in [0.05, 0.1) is 5.56 Å². The molecule has 0 saturated heterocycles. The lowest BCUT2D eigenvalue weighted by atomic mass is 9.80. The lowest BCUT2D eigenvalue weighted by Crippen LogP contribution is -2.23. The van der Waals surface area contributed by atoms with Crippen LogP contribution in [-0.2, 0) is 19.5 Å². The Hall–Kier alpha value is -4.48. The van der Waals surface area contributed by atoms with Gasteiger partial charge in [0, 0.05) is 18.7 Å². The third-order valence-corrected chi connectivity index (χ3v) is 8.73. The largest absolute Gasteiger partial charge is 0.478 e. The second kappa shape index (κ2) is 12.6. The summed E-state index contributed by atoms with van der Waals surface area (Å²) in [6.45, 7) is 7.59. The van der Waals surface area contributed by atoms with Crippen LogP contribution >= 0.6 is 0 Å². The number of carboxylic acids is 1. The highest BCUT2D eigenvalue weighted by atomic mass is 16.4. The van der Waals surface area contributed by atoms with E-state index in [1.165, 1.54) is 22.3 Å². The third-order valence-electron chi connectivity index (χ3n) is 8.73. The summed E-state index contributed by atoms with van der Waals surface area (Å²) in [6, 6.07) is 29.5. The minimum Gasteiger partial charge on any atom is -0.478 e. The highest BCUT2D eigenvalue weighted by molar-refractivity contribution is 5.96. The molecular formula is C37H38N2O3. The van der Waals surface area contributed by atoms with Crippen molar-refractivity contribution in [2.24, 2.45) is 11.7 Å². The molecule has 5 rings (SSSR count). The number of aromatic carboxylic acids is 1. The molecule has 1 aliphatic carbocycles. The molecule has 1 amide bonds. The molecule has 4 N–H and O–H groups in total. The van der Waals surface area contributed by atoms with Gasteiger partial charge in [-0.25, -0.2) is 4.79 Å². The topological polar surface area (TPSA) is 92.4 Å². The fraction of sp³-hybridized carbons (Fsp3) is 0.243. The van der Waals surface area contributed by atoms with Crippen molar-refractivity contribution >= 4 is 17.4 Å². The molecule has 1 aliphatic rings. The summed E-state index contributed by atoms with van der Waals surface area (Å²) in [5.74, 6) is -0.306. The van der Waals surface area contributed by atoms with Crippen LogP contribution in [0.15, 0.2) is 96.6 Å². The van der Waals surface area contributed by atoms with E-state index < -0.39 is 5.97 Å². The summed E-state index contributed by atoms with van der Waals surface area (Å²) < 4.78 is 0. The van der Waals surface area contributed by atoms with Crippen molar-refractivity contribution in [3.63, 3.8) is 0 Å². The van der Waals surface area contributed by atoms with Gasteiger partial charge in [-0.15, -0.1) is 0 Å². The average molecular weight is 559 g/mol. The molecular weight excluding hydrogens is 520 g/mol. The van der Waals surface area contributed by atoms with Crippen molar-refractivity contribution in [1.82, 2.24) is 5.32 Å². The van der Waals surface area contributed by atoms with Crippen molar-refractivity contribution < 1.29 is 14.7 Å². The van der Waals surface area contributed by atoms with Gasteiger partial charge in [0.2, 0.25) is 0 Å². The highest BCUT2D eigenvalue weighted by Gasteiger charge is 2.27. The molecule has 0 aliphatic heterocycles. The highest BCUT2D eigenvalue weighted by Crippen LogP contribution is 2.41. The summed E-state index contributed by atoms with van der Waals surface area (Å²) in [5.41, 5.74) is 16.7. The number of nitrogens with two attached hydrogens (primary N) is 1. The lowest BCUT2D eigenvalue weighted by molar-refractivity contribution is 0.0697. The van der Waals surface area contributed by atoms with E-state index in [0.29, 0.717) is 36.1 Å². The van der Waals surface area contributed by atoms with Crippen LogP contribution in [-0.4, -0.2) is 17.0 Å².